The smallest absolute Gasteiger partial charge is 0.0976 e. The molecule has 0 saturated heterocycles. The SMILES string of the molecule is Cc1[nH]nc(-c2ccsc2)c1CN. The molecule has 0 spiro atoms. The number of nitrogens with one attached hydrogen (secondary N) is 1. The molecule has 13 heavy (non-hydrogen) atoms. The number of H-pyrrole nitrogens is 1. The van der Waals surface area contributed by atoms with Crippen molar-refractivity contribution in [2.24, 2.45) is 5.73 Å². The molecule has 0 aliphatic heterocycles. The van der Waals surface area contributed by atoms with Gasteiger partial charge in [0.15, 0.2) is 0 Å². The average molecular weight is 193 g/mol. The van der Waals surface area contributed by atoms with Crippen molar-refractivity contribution in [3.05, 3.63) is 28.1 Å². The molecule has 0 aromatic carbocycles. The van der Waals surface area contributed by atoms with E-state index in [1.54, 1.807) is 11.3 Å². The van der Waals surface area contributed by atoms with Gasteiger partial charge in [-0.15, -0.1) is 0 Å². The Balaban J connectivity index is 2.52. The zero-order valence-electron chi connectivity index (χ0n) is 7.37. The maximum atomic E-state index is 5.65. The van der Waals surface area contributed by atoms with Crippen LogP contribution in [0.4, 0.5) is 0 Å². The Bertz CT molecular complexity index is 389. The lowest BCUT2D eigenvalue weighted by molar-refractivity contribution is 1.03. The van der Waals surface area contributed by atoms with Crippen LogP contribution in [-0.4, -0.2) is 10.2 Å². The van der Waals surface area contributed by atoms with Crippen LogP contribution in [0.2, 0.25) is 0 Å². The summed E-state index contributed by atoms with van der Waals surface area (Å²) < 4.78 is 0. The lowest BCUT2D eigenvalue weighted by atomic mass is 10.1. The molecular weight excluding hydrogens is 182 g/mol. The highest BCUT2D eigenvalue weighted by Crippen LogP contribution is 2.24. The van der Waals surface area contributed by atoms with Crippen LogP contribution < -0.4 is 5.73 Å². The third-order valence-electron chi connectivity index (χ3n) is 2.07. The minimum atomic E-state index is 0.535. The average Bonchev–Trinajstić information content (AvgIpc) is 2.71. The van der Waals surface area contributed by atoms with Gasteiger partial charge in [-0.25, -0.2) is 0 Å². The van der Waals surface area contributed by atoms with Crippen LogP contribution in [0, 0.1) is 6.92 Å². The van der Waals surface area contributed by atoms with Crippen molar-refractivity contribution in [3.63, 3.8) is 0 Å². The van der Waals surface area contributed by atoms with Crippen LogP contribution in [0.15, 0.2) is 16.8 Å². The number of hydrogen-bond donors (Lipinski definition) is 2. The fourth-order valence-electron chi connectivity index (χ4n) is 1.34. The molecule has 2 rings (SSSR count). The highest BCUT2D eigenvalue weighted by atomic mass is 32.1. The molecule has 2 aromatic heterocycles. The lowest BCUT2D eigenvalue weighted by Gasteiger charge is -1.96. The molecule has 0 amide bonds. The maximum absolute atomic E-state index is 5.65. The quantitative estimate of drug-likeness (QED) is 0.765. The van der Waals surface area contributed by atoms with E-state index in [0.717, 1.165) is 22.5 Å². The number of nitrogens with two attached hydrogens (primary N) is 1. The van der Waals surface area contributed by atoms with E-state index in [1.807, 2.05) is 12.3 Å². The van der Waals surface area contributed by atoms with Gasteiger partial charge in [-0.1, -0.05) is 0 Å². The fraction of sp³-hybridized carbons (Fsp3) is 0.222. The summed E-state index contributed by atoms with van der Waals surface area (Å²) in [6.07, 6.45) is 0. The first-order valence-electron chi connectivity index (χ1n) is 4.09. The molecule has 68 valence electrons. The van der Waals surface area contributed by atoms with Gasteiger partial charge in [-0.05, 0) is 18.4 Å². The second-order valence-corrected chi connectivity index (χ2v) is 3.67. The normalized spacial score (nSPS) is 10.6. The molecular formula is C9H11N3S. The Hall–Kier alpha value is -1.13. The fourth-order valence-corrected chi connectivity index (χ4v) is 1.98. The summed E-state index contributed by atoms with van der Waals surface area (Å²) >= 11 is 1.67. The molecule has 3 nitrogen and oxygen atoms in total. The summed E-state index contributed by atoms with van der Waals surface area (Å²) in [5.74, 6) is 0. The molecule has 0 radical (unpaired) electrons. The minimum Gasteiger partial charge on any atom is -0.326 e. The van der Waals surface area contributed by atoms with Crippen LogP contribution in [-0.2, 0) is 6.54 Å². The number of aromatic nitrogens is 2. The summed E-state index contributed by atoms with van der Waals surface area (Å²) in [7, 11) is 0. The van der Waals surface area contributed by atoms with E-state index in [9.17, 15) is 0 Å². The standard InChI is InChI=1S/C9H11N3S/c1-6-8(4-10)9(12-11-6)7-2-3-13-5-7/h2-3,5H,4,10H2,1H3,(H,11,12). The zero-order chi connectivity index (χ0) is 9.26. The van der Waals surface area contributed by atoms with Crippen LogP contribution in [0.5, 0.6) is 0 Å². The van der Waals surface area contributed by atoms with E-state index in [2.05, 4.69) is 21.6 Å². The molecule has 0 aliphatic rings. The predicted molar refractivity (Wildman–Crippen MR) is 54.5 cm³/mol. The number of thiophene rings is 1. The van der Waals surface area contributed by atoms with E-state index >= 15 is 0 Å². The Morgan fingerprint density at radius 1 is 1.62 bits per heavy atom. The maximum Gasteiger partial charge on any atom is 0.0976 e. The van der Waals surface area contributed by atoms with Crippen LogP contribution in [0.1, 0.15) is 11.3 Å². The Morgan fingerprint density at radius 3 is 3.08 bits per heavy atom. The number of nitrogens with zero attached hydrogens (tertiary/aromatic N) is 1. The third-order valence-corrected chi connectivity index (χ3v) is 2.76. The largest absolute Gasteiger partial charge is 0.326 e. The molecule has 0 atom stereocenters. The summed E-state index contributed by atoms with van der Waals surface area (Å²) in [5, 5.41) is 11.3. The van der Waals surface area contributed by atoms with Gasteiger partial charge in [-0.3, -0.25) is 5.10 Å². The van der Waals surface area contributed by atoms with Crippen molar-refractivity contribution >= 4 is 11.3 Å². The molecule has 4 heteroatoms. The van der Waals surface area contributed by atoms with Crippen molar-refractivity contribution < 1.29 is 0 Å². The Morgan fingerprint density at radius 2 is 2.46 bits per heavy atom. The van der Waals surface area contributed by atoms with Crippen molar-refractivity contribution in [2.45, 2.75) is 13.5 Å². The van der Waals surface area contributed by atoms with Crippen molar-refractivity contribution in [3.8, 4) is 11.3 Å². The second kappa shape index (κ2) is 3.32. The van der Waals surface area contributed by atoms with Gasteiger partial charge >= 0.3 is 0 Å². The summed E-state index contributed by atoms with van der Waals surface area (Å²) in [5.41, 5.74) is 9.95. The third kappa shape index (κ3) is 1.38. The molecule has 0 aliphatic carbocycles. The van der Waals surface area contributed by atoms with Crippen LogP contribution in [0.3, 0.4) is 0 Å². The van der Waals surface area contributed by atoms with Gasteiger partial charge in [0.05, 0.1) is 5.69 Å². The van der Waals surface area contributed by atoms with Gasteiger partial charge in [-0.2, -0.15) is 16.4 Å². The van der Waals surface area contributed by atoms with Gasteiger partial charge in [0.2, 0.25) is 0 Å². The van der Waals surface area contributed by atoms with Crippen molar-refractivity contribution in [2.75, 3.05) is 0 Å². The first kappa shape index (κ1) is 8.47. The monoisotopic (exact) mass is 193 g/mol. The molecule has 0 bridgehead atoms. The second-order valence-electron chi connectivity index (χ2n) is 2.89. The van der Waals surface area contributed by atoms with Gasteiger partial charge in [0, 0.05) is 28.7 Å². The Labute approximate surface area is 80.6 Å². The molecule has 3 N–H and O–H groups in total. The molecule has 0 saturated carbocycles. The van der Waals surface area contributed by atoms with E-state index in [0.29, 0.717) is 6.54 Å². The van der Waals surface area contributed by atoms with E-state index < -0.39 is 0 Å². The van der Waals surface area contributed by atoms with Crippen molar-refractivity contribution in [1.82, 2.24) is 10.2 Å². The van der Waals surface area contributed by atoms with Gasteiger partial charge in [0.1, 0.15) is 0 Å². The van der Waals surface area contributed by atoms with Crippen molar-refractivity contribution in [1.29, 1.82) is 0 Å². The first-order chi connectivity index (χ1) is 6.33. The zero-order valence-corrected chi connectivity index (χ0v) is 8.19. The number of aromatic amines is 1. The minimum absolute atomic E-state index is 0.535. The van der Waals surface area contributed by atoms with E-state index in [-0.39, 0.29) is 0 Å². The molecule has 2 aromatic rings. The summed E-state index contributed by atoms with van der Waals surface area (Å²) in [4.78, 5) is 0. The highest BCUT2D eigenvalue weighted by Gasteiger charge is 2.10. The summed E-state index contributed by atoms with van der Waals surface area (Å²) in [6.45, 7) is 2.53. The highest BCUT2D eigenvalue weighted by molar-refractivity contribution is 7.08. The number of rotatable bonds is 2. The first-order valence-corrected chi connectivity index (χ1v) is 5.03. The molecule has 2 heterocycles. The van der Waals surface area contributed by atoms with Gasteiger partial charge in [0.25, 0.3) is 0 Å². The number of aryl methyl sites for hydroxylation is 1. The summed E-state index contributed by atoms with van der Waals surface area (Å²) in [6, 6.07) is 2.06. The molecule has 0 unspecified atom stereocenters. The Kier molecular flexibility index (Phi) is 2.16. The number of hydrogen-bond acceptors (Lipinski definition) is 3. The van der Waals surface area contributed by atoms with E-state index in [4.69, 9.17) is 5.73 Å². The van der Waals surface area contributed by atoms with Gasteiger partial charge < -0.3 is 5.73 Å². The lowest BCUT2D eigenvalue weighted by Crippen LogP contribution is -1.98. The molecule has 0 fully saturated rings. The van der Waals surface area contributed by atoms with E-state index in [1.165, 1.54) is 0 Å². The topological polar surface area (TPSA) is 54.7 Å². The van der Waals surface area contributed by atoms with Crippen LogP contribution >= 0.6 is 11.3 Å². The predicted octanol–water partition coefficient (Wildman–Crippen LogP) is 1.91. The van der Waals surface area contributed by atoms with Crippen LogP contribution in [0.25, 0.3) is 11.3 Å².